The first kappa shape index (κ1) is 15.9. The highest BCUT2D eigenvalue weighted by Gasteiger charge is 2.18. The number of nitrogens with zero attached hydrogens (tertiary/aromatic N) is 2. The lowest BCUT2D eigenvalue weighted by atomic mass is 10.1. The predicted octanol–water partition coefficient (Wildman–Crippen LogP) is 5.07. The van der Waals surface area contributed by atoms with Gasteiger partial charge >= 0.3 is 0 Å². The number of aromatic nitrogens is 2. The average Bonchev–Trinajstić information content (AvgIpc) is 3.01. The largest absolute Gasteiger partial charge is 0.321 e. The van der Waals surface area contributed by atoms with Crippen LogP contribution in [0.15, 0.2) is 42.5 Å². The standard InChI is InChI=1S/C16H11Cl2N3OS/c1-9-2-7-12(8-13(9)18)19-16(22)15-14(20-21-23-15)10-3-5-11(17)6-4-10/h2-8H,1H3,(H,19,22). The van der Waals surface area contributed by atoms with Crippen molar-refractivity contribution in [3.63, 3.8) is 0 Å². The Labute approximate surface area is 147 Å². The van der Waals surface area contributed by atoms with Crippen molar-refractivity contribution in [1.82, 2.24) is 9.59 Å². The fourth-order valence-electron chi connectivity index (χ4n) is 1.99. The van der Waals surface area contributed by atoms with Crippen molar-refractivity contribution in [3.05, 3.63) is 63.0 Å². The Balaban J connectivity index is 1.87. The van der Waals surface area contributed by atoms with E-state index in [2.05, 4.69) is 14.9 Å². The Kier molecular flexibility index (Phi) is 4.61. The van der Waals surface area contributed by atoms with E-state index >= 15 is 0 Å². The van der Waals surface area contributed by atoms with Crippen molar-refractivity contribution in [2.75, 3.05) is 5.32 Å². The van der Waals surface area contributed by atoms with E-state index in [0.717, 1.165) is 22.7 Å². The summed E-state index contributed by atoms with van der Waals surface area (Å²) < 4.78 is 3.89. The third-order valence-corrected chi connectivity index (χ3v) is 4.63. The predicted molar refractivity (Wildman–Crippen MR) is 94.5 cm³/mol. The van der Waals surface area contributed by atoms with Gasteiger partial charge in [-0.05, 0) is 48.3 Å². The molecule has 1 N–H and O–H groups in total. The van der Waals surface area contributed by atoms with Crippen molar-refractivity contribution in [2.45, 2.75) is 6.92 Å². The molecule has 1 heterocycles. The topological polar surface area (TPSA) is 54.9 Å². The van der Waals surface area contributed by atoms with Gasteiger partial charge in [-0.3, -0.25) is 4.79 Å². The zero-order valence-electron chi connectivity index (χ0n) is 12.0. The lowest BCUT2D eigenvalue weighted by Gasteiger charge is -2.06. The molecule has 0 saturated carbocycles. The molecule has 23 heavy (non-hydrogen) atoms. The van der Waals surface area contributed by atoms with Gasteiger partial charge in [0.15, 0.2) is 0 Å². The minimum absolute atomic E-state index is 0.273. The molecule has 0 radical (unpaired) electrons. The van der Waals surface area contributed by atoms with Crippen LogP contribution < -0.4 is 5.32 Å². The summed E-state index contributed by atoms with van der Waals surface area (Å²) in [5.74, 6) is -0.273. The quantitative estimate of drug-likeness (QED) is 0.706. The van der Waals surface area contributed by atoms with Crippen LogP contribution in [0, 0.1) is 6.92 Å². The molecule has 3 rings (SSSR count). The summed E-state index contributed by atoms with van der Waals surface area (Å²) in [6.45, 7) is 1.90. The Hall–Kier alpha value is -1.95. The normalized spacial score (nSPS) is 10.6. The van der Waals surface area contributed by atoms with Crippen LogP contribution in [0.25, 0.3) is 11.3 Å². The van der Waals surface area contributed by atoms with E-state index in [1.54, 1.807) is 36.4 Å². The maximum absolute atomic E-state index is 12.5. The van der Waals surface area contributed by atoms with E-state index < -0.39 is 0 Å². The van der Waals surface area contributed by atoms with E-state index in [1.165, 1.54) is 0 Å². The number of rotatable bonds is 3. The molecule has 0 unspecified atom stereocenters. The molecule has 0 fully saturated rings. The second-order valence-corrected chi connectivity index (χ2v) is 6.47. The van der Waals surface area contributed by atoms with Crippen molar-refractivity contribution in [3.8, 4) is 11.3 Å². The lowest BCUT2D eigenvalue weighted by molar-refractivity contribution is 0.103. The Morgan fingerprint density at radius 1 is 1.13 bits per heavy atom. The zero-order valence-corrected chi connectivity index (χ0v) is 14.3. The Bertz CT molecular complexity index is 862. The molecule has 0 aliphatic carbocycles. The number of anilines is 1. The van der Waals surface area contributed by atoms with Gasteiger partial charge in [-0.15, -0.1) is 5.10 Å². The number of halogens is 2. The molecular weight excluding hydrogens is 353 g/mol. The van der Waals surface area contributed by atoms with Gasteiger partial charge in [0.05, 0.1) is 0 Å². The molecule has 0 atom stereocenters. The third-order valence-electron chi connectivity index (χ3n) is 3.24. The van der Waals surface area contributed by atoms with Gasteiger partial charge in [0.1, 0.15) is 10.6 Å². The number of nitrogens with one attached hydrogen (secondary N) is 1. The summed E-state index contributed by atoms with van der Waals surface area (Å²) >= 11 is 13.0. The molecule has 4 nitrogen and oxygen atoms in total. The summed E-state index contributed by atoms with van der Waals surface area (Å²) in [6, 6.07) is 12.5. The van der Waals surface area contributed by atoms with E-state index in [4.69, 9.17) is 23.2 Å². The van der Waals surface area contributed by atoms with E-state index in [0.29, 0.717) is 26.3 Å². The van der Waals surface area contributed by atoms with Gasteiger partial charge < -0.3 is 5.32 Å². The first-order chi connectivity index (χ1) is 11.0. The van der Waals surface area contributed by atoms with Crippen LogP contribution in [0.3, 0.4) is 0 Å². The Morgan fingerprint density at radius 3 is 2.57 bits per heavy atom. The van der Waals surface area contributed by atoms with Crippen molar-refractivity contribution < 1.29 is 4.79 Å². The molecule has 2 aromatic carbocycles. The zero-order chi connectivity index (χ0) is 16.4. The maximum Gasteiger partial charge on any atom is 0.269 e. The van der Waals surface area contributed by atoms with E-state index in [-0.39, 0.29) is 5.91 Å². The number of amides is 1. The first-order valence-corrected chi connectivity index (χ1v) is 8.23. The summed E-state index contributed by atoms with van der Waals surface area (Å²) in [4.78, 5) is 12.9. The number of aryl methyl sites for hydroxylation is 1. The number of carbonyl (C=O) groups is 1. The summed E-state index contributed by atoms with van der Waals surface area (Å²) in [6.07, 6.45) is 0. The molecule has 7 heteroatoms. The fourth-order valence-corrected chi connectivity index (χ4v) is 2.88. The summed E-state index contributed by atoms with van der Waals surface area (Å²) in [5.41, 5.74) is 2.89. The number of hydrogen-bond acceptors (Lipinski definition) is 4. The van der Waals surface area contributed by atoms with Crippen molar-refractivity contribution in [2.24, 2.45) is 0 Å². The van der Waals surface area contributed by atoms with Gasteiger partial charge in [0.2, 0.25) is 0 Å². The van der Waals surface area contributed by atoms with Crippen LogP contribution in [-0.4, -0.2) is 15.5 Å². The molecule has 3 aromatic rings. The van der Waals surface area contributed by atoms with Crippen LogP contribution in [0.1, 0.15) is 15.2 Å². The minimum Gasteiger partial charge on any atom is -0.321 e. The molecule has 0 bridgehead atoms. The van der Waals surface area contributed by atoms with E-state index in [1.807, 2.05) is 13.0 Å². The van der Waals surface area contributed by atoms with Crippen LogP contribution in [0.4, 0.5) is 5.69 Å². The molecule has 0 saturated heterocycles. The molecule has 0 aliphatic heterocycles. The lowest BCUT2D eigenvalue weighted by Crippen LogP contribution is -2.11. The highest BCUT2D eigenvalue weighted by atomic mass is 35.5. The van der Waals surface area contributed by atoms with Gasteiger partial charge in [-0.2, -0.15) is 0 Å². The molecular formula is C16H11Cl2N3OS. The van der Waals surface area contributed by atoms with Crippen LogP contribution in [-0.2, 0) is 0 Å². The summed E-state index contributed by atoms with van der Waals surface area (Å²) in [5, 5.41) is 8.09. The smallest absolute Gasteiger partial charge is 0.269 e. The molecule has 1 amide bonds. The van der Waals surface area contributed by atoms with Crippen molar-refractivity contribution >= 4 is 46.3 Å². The van der Waals surface area contributed by atoms with Gasteiger partial charge in [0, 0.05) is 21.3 Å². The SMILES string of the molecule is Cc1ccc(NC(=O)c2snnc2-c2ccc(Cl)cc2)cc1Cl. The molecule has 0 aliphatic rings. The van der Waals surface area contributed by atoms with Gasteiger partial charge in [0.25, 0.3) is 5.91 Å². The number of benzene rings is 2. The number of carbonyl (C=O) groups excluding carboxylic acids is 1. The molecule has 1 aromatic heterocycles. The first-order valence-electron chi connectivity index (χ1n) is 6.70. The second kappa shape index (κ2) is 6.66. The highest BCUT2D eigenvalue weighted by Crippen LogP contribution is 2.27. The highest BCUT2D eigenvalue weighted by molar-refractivity contribution is 7.08. The maximum atomic E-state index is 12.5. The van der Waals surface area contributed by atoms with Gasteiger partial charge in [-0.25, -0.2) is 0 Å². The van der Waals surface area contributed by atoms with Crippen LogP contribution >= 0.6 is 34.7 Å². The Morgan fingerprint density at radius 2 is 1.87 bits per heavy atom. The fraction of sp³-hybridized carbons (Fsp3) is 0.0625. The monoisotopic (exact) mass is 363 g/mol. The summed E-state index contributed by atoms with van der Waals surface area (Å²) in [7, 11) is 0. The van der Waals surface area contributed by atoms with Gasteiger partial charge in [-0.1, -0.05) is 45.9 Å². The second-order valence-electron chi connectivity index (χ2n) is 4.88. The van der Waals surface area contributed by atoms with E-state index in [9.17, 15) is 4.79 Å². The van der Waals surface area contributed by atoms with Crippen molar-refractivity contribution in [1.29, 1.82) is 0 Å². The third kappa shape index (κ3) is 3.52. The molecule has 0 spiro atoms. The minimum atomic E-state index is -0.273. The number of hydrogen-bond donors (Lipinski definition) is 1. The average molecular weight is 364 g/mol. The van der Waals surface area contributed by atoms with Crippen LogP contribution in [0.2, 0.25) is 10.0 Å². The van der Waals surface area contributed by atoms with Crippen LogP contribution in [0.5, 0.6) is 0 Å². The molecule has 116 valence electrons.